The molecule has 0 unspecified atom stereocenters. The number of pyridine rings is 1. The van der Waals surface area contributed by atoms with E-state index in [2.05, 4.69) is 0 Å². The van der Waals surface area contributed by atoms with Gasteiger partial charge in [0.25, 0.3) is 5.56 Å². The third-order valence-corrected chi connectivity index (χ3v) is 8.00. The summed E-state index contributed by atoms with van der Waals surface area (Å²) in [5, 5.41) is 0. The maximum Gasteiger partial charge on any atom is 0.251 e. The number of hydrogen-bond acceptors (Lipinski definition) is 4. The number of aromatic nitrogens is 2. The van der Waals surface area contributed by atoms with Crippen molar-refractivity contribution in [3.63, 3.8) is 0 Å². The van der Waals surface area contributed by atoms with E-state index in [-0.39, 0.29) is 23.0 Å². The van der Waals surface area contributed by atoms with Crippen LogP contribution in [-0.4, -0.2) is 40.7 Å². The maximum absolute atomic E-state index is 14.1. The smallest absolute Gasteiger partial charge is 0.251 e. The van der Waals surface area contributed by atoms with E-state index >= 15 is 0 Å². The van der Waals surface area contributed by atoms with Gasteiger partial charge in [0.05, 0.1) is 11.4 Å². The van der Waals surface area contributed by atoms with Crippen LogP contribution in [0.1, 0.15) is 40.2 Å². The SMILES string of the molecule is Cc1ccc(-n2c(C)cc(C(=O)Cn3cc(S(=O)(=O)N4CCCC4)ccc3=O)c2C)cc1F. The molecule has 33 heavy (non-hydrogen) atoms. The first-order chi connectivity index (χ1) is 15.6. The van der Waals surface area contributed by atoms with Crippen molar-refractivity contribution in [3.8, 4) is 5.69 Å². The molecule has 1 aliphatic rings. The zero-order chi connectivity index (χ0) is 23.9. The molecule has 3 heterocycles. The van der Waals surface area contributed by atoms with Crippen LogP contribution in [0.4, 0.5) is 4.39 Å². The zero-order valence-electron chi connectivity index (χ0n) is 18.8. The van der Waals surface area contributed by atoms with Gasteiger partial charge < -0.3 is 9.13 Å². The second-order valence-corrected chi connectivity index (χ2v) is 10.4. The van der Waals surface area contributed by atoms with Crippen molar-refractivity contribution in [2.45, 2.75) is 45.1 Å². The van der Waals surface area contributed by atoms with Crippen LogP contribution in [0.25, 0.3) is 5.69 Å². The summed E-state index contributed by atoms with van der Waals surface area (Å²) in [5.41, 5.74) is 2.43. The van der Waals surface area contributed by atoms with E-state index in [9.17, 15) is 22.4 Å². The minimum atomic E-state index is -3.71. The summed E-state index contributed by atoms with van der Waals surface area (Å²) in [7, 11) is -3.71. The minimum absolute atomic E-state index is 0.00240. The maximum atomic E-state index is 14.1. The fourth-order valence-electron chi connectivity index (χ4n) is 4.27. The summed E-state index contributed by atoms with van der Waals surface area (Å²) in [5.74, 6) is -0.671. The molecule has 1 aliphatic heterocycles. The molecule has 0 N–H and O–H groups in total. The van der Waals surface area contributed by atoms with E-state index in [1.54, 1.807) is 36.6 Å². The van der Waals surface area contributed by atoms with E-state index in [1.165, 1.54) is 28.7 Å². The molecule has 4 rings (SSSR count). The lowest BCUT2D eigenvalue weighted by Gasteiger charge is -2.16. The van der Waals surface area contributed by atoms with Crippen molar-refractivity contribution in [2.75, 3.05) is 13.1 Å². The van der Waals surface area contributed by atoms with Crippen molar-refractivity contribution in [1.29, 1.82) is 0 Å². The number of aryl methyl sites for hydroxylation is 2. The monoisotopic (exact) mass is 471 g/mol. The van der Waals surface area contributed by atoms with E-state index in [1.807, 2.05) is 6.92 Å². The molecule has 0 saturated carbocycles. The van der Waals surface area contributed by atoms with Crippen LogP contribution < -0.4 is 5.56 Å². The average molecular weight is 472 g/mol. The van der Waals surface area contributed by atoms with Crippen molar-refractivity contribution in [2.24, 2.45) is 0 Å². The molecule has 1 aromatic carbocycles. The Morgan fingerprint density at radius 3 is 2.39 bits per heavy atom. The van der Waals surface area contributed by atoms with E-state index in [4.69, 9.17) is 0 Å². The fraction of sp³-hybridized carbons (Fsp3) is 0.333. The van der Waals surface area contributed by atoms with Gasteiger partial charge in [0.1, 0.15) is 5.82 Å². The number of ketones is 1. The van der Waals surface area contributed by atoms with Gasteiger partial charge >= 0.3 is 0 Å². The highest BCUT2D eigenvalue weighted by molar-refractivity contribution is 7.89. The van der Waals surface area contributed by atoms with Gasteiger partial charge in [-0.05, 0) is 63.4 Å². The van der Waals surface area contributed by atoms with Crippen LogP contribution in [0.5, 0.6) is 0 Å². The molecule has 0 bridgehead atoms. The molecule has 3 aromatic rings. The summed E-state index contributed by atoms with van der Waals surface area (Å²) in [6, 6.07) is 9.04. The van der Waals surface area contributed by atoms with Crippen LogP contribution in [-0.2, 0) is 16.6 Å². The third kappa shape index (κ3) is 4.30. The van der Waals surface area contributed by atoms with Gasteiger partial charge in [-0.3, -0.25) is 9.59 Å². The number of rotatable bonds is 6. The first-order valence-corrected chi connectivity index (χ1v) is 12.2. The van der Waals surface area contributed by atoms with Gasteiger partial charge in [0, 0.05) is 48.0 Å². The van der Waals surface area contributed by atoms with Gasteiger partial charge in [0.2, 0.25) is 10.0 Å². The lowest BCUT2D eigenvalue weighted by atomic mass is 10.1. The Kier molecular flexibility index (Phi) is 6.11. The number of carbonyl (C=O) groups is 1. The molecule has 174 valence electrons. The Hall–Kier alpha value is -3.04. The molecule has 9 heteroatoms. The Morgan fingerprint density at radius 2 is 1.73 bits per heavy atom. The molecule has 2 aromatic heterocycles. The predicted molar refractivity (Wildman–Crippen MR) is 123 cm³/mol. The Labute approximate surface area is 192 Å². The van der Waals surface area contributed by atoms with Gasteiger partial charge in [-0.1, -0.05) is 6.07 Å². The molecule has 1 saturated heterocycles. The van der Waals surface area contributed by atoms with Gasteiger partial charge in [-0.15, -0.1) is 0 Å². The van der Waals surface area contributed by atoms with Gasteiger partial charge in [0.15, 0.2) is 5.78 Å². The lowest BCUT2D eigenvalue weighted by Crippen LogP contribution is -2.30. The predicted octanol–water partition coefficient (Wildman–Crippen LogP) is 3.37. The third-order valence-electron chi connectivity index (χ3n) is 6.12. The summed E-state index contributed by atoms with van der Waals surface area (Å²) in [6.07, 6.45) is 2.85. The molecule has 0 aliphatic carbocycles. The normalized spacial score (nSPS) is 14.7. The summed E-state index contributed by atoms with van der Waals surface area (Å²) in [6.45, 7) is 5.86. The second-order valence-electron chi connectivity index (χ2n) is 8.42. The number of Topliss-reactive ketones (excluding diaryl/α,β-unsaturated/α-hetero) is 1. The number of halogens is 1. The topological polar surface area (TPSA) is 81.4 Å². The molecule has 0 amide bonds. The molecule has 0 spiro atoms. The molecular formula is C24H26FN3O4S. The highest BCUT2D eigenvalue weighted by Gasteiger charge is 2.28. The average Bonchev–Trinajstić information content (AvgIpc) is 3.40. The molecule has 7 nitrogen and oxygen atoms in total. The number of benzene rings is 1. The van der Waals surface area contributed by atoms with Crippen LogP contribution in [0.3, 0.4) is 0 Å². The summed E-state index contributed by atoms with van der Waals surface area (Å²) < 4.78 is 44.1. The lowest BCUT2D eigenvalue weighted by molar-refractivity contribution is 0.0970. The molecule has 0 radical (unpaired) electrons. The second kappa shape index (κ2) is 8.72. The van der Waals surface area contributed by atoms with E-state index in [0.717, 1.165) is 23.1 Å². The summed E-state index contributed by atoms with van der Waals surface area (Å²) >= 11 is 0. The quantitative estimate of drug-likeness (QED) is 0.516. The largest absolute Gasteiger partial charge is 0.318 e. The minimum Gasteiger partial charge on any atom is -0.318 e. The van der Waals surface area contributed by atoms with Crippen molar-refractivity contribution in [1.82, 2.24) is 13.4 Å². The van der Waals surface area contributed by atoms with Gasteiger partial charge in [-0.25, -0.2) is 12.8 Å². The highest BCUT2D eigenvalue weighted by Crippen LogP contribution is 2.24. The Balaban J connectivity index is 1.65. The van der Waals surface area contributed by atoms with Crippen LogP contribution in [0.2, 0.25) is 0 Å². The molecular weight excluding hydrogens is 445 g/mol. The first kappa shape index (κ1) is 23.1. The Morgan fingerprint density at radius 1 is 1.03 bits per heavy atom. The number of nitrogens with zero attached hydrogens (tertiary/aromatic N) is 3. The zero-order valence-corrected chi connectivity index (χ0v) is 19.7. The molecule has 1 fully saturated rings. The number of carbonyl (C=O) groups excluding carboxylic acids is 1. The van der Waals surface area contributed by atoms with Crippen molar-refractivity contribution in [3.05, 3.63) is 81.3 Å². The van der Waals surface area contributed by atoms with Crippen molar-refractivity contribution < 1.29 is 17.6 Å². The number of sulfonamides is 1. The van der Waals surface area contributed by atoms with E-state index in [0.29, 0.717) is 35.6 Å². The van der Waals surface area contributed by atoms with Crippen LogP contribution >= 0.6 is 0 Å². The molecule has 0 atom stereocenters. The standard InChI is InChI=1S/C24H26FN3O4S/c1-16-6-7-19(13-22(16)25)28-17(2)12-21(18(28)3)23(29)15-26-14-20(8-9-24(26)30)33(31,32)27-10-4-5-11-27/h6-9,12-14H,4-5,10-11,15H2,1-3H3. The Bertz CT molecular complexity index is 1400. The van der Waals surface area contributed by atoms with Crippen LogP contribution in [0, 0.1) is 26.6 Å². The first-order valence-electron chi connectivity index (χ1n) is 10.8. The van der Waals surface area contributed by atoms with Crippen molar-refractivity contribution >= 4 is 15.8 Å². The van der Waals surface area contributed by atoms with Crippen LogP contribution in [0.15, 0.2) is 52.3 Å². The summed E-state index contributed by atoms with van der Waals surface area (Å²) in [4.78, 5) is 25.5. The highest BCUT2D eigenvalue weighted by atomic mass is 32.2. The number of hydrogen-bond donors (Lipinski definition) is 0. The van der Waals surface area contributed by atoms with E-state index < -0.39 is 15.6 Å². The fourth-order valence-corrected chi connectivity index (χ4v) is 5.80. The van der Waals surface area contributed by atoms with Gasteiger partial charge in [-0.2, -0.15) is 4.31 Å².